The summed E-state index contributed by atoms with van der Waals surface area (Å²) in [6.07, 6.45) is 0.427. The Hall–Kier alpha value is -1.25. The minimum Gasteiger partial charge on any atom is -0.481 e. The standard InChI is InChI=1S/C10H14O3/c1-7-4-5-8(13-7)6-10(2,3)9(11)12/h4-5H,6H2,1-3H3,(H,11,12). The molecule has 0 fully saturated rings. The van der Waals surface area contributed by atoms with E-state index in [2.05, 4.69) is 0 Å². The normalized spacial score (nSPS) is 11.6. The Labute approximate surface area is 77.4 Å². The Morgan fingerprint density at radius 2 is 2.15 bits per heavy atom. The molecule has 72 valence electrons. The third kappa shape index (κ3) is 2.34. The Morgan fingerprint density at radius 3 is 2.54 bits per heavy atom. The van der Waals surface area contributed by atoms with Crippen molar-refractivity contribution in [2.24, 2.45) is 5.41 Å². The van der Waals surface area contributed by atoms with Gasteiger partial charge in [0.05, 0.1) is 5.41 Å². The Morgan fingerprint density at radius 1 is 1.54 bits per heavy atom. The second-order valence-electron chi connectivity index (χ2n) is 3.88. The molecule has 3 nitrogen and oxygen atoms in total. The van der Waals surface area contributed by atoms with Gasteiger partial charge < -0.3 is 9.52 Å². The third-order valence-corrected chi connectivity index (χ3v) is 1.99. The topological polar surface area (TPSA) is 50.4 Å². The van der Waals surface area contributed by atoms with E-state index >= 15 is 0 Å². The minimum absolute atomic E-state index is 0.427. The first-order valence-electron chi connectivity index (χ1n) is 4.20. The Balaban J connectivity index is 2.74. The fourth-order valence-corrected chi connectivity index (χ4v) is 1.09. The van der Waals surface area contributed by atoms with Crippen LogP contribution in [0.4, 0.5) is 0 Å². The third-order valence-electron chi connectivity index (χ3n) is 1.99. The van der Waals surface area contributed by atoms with E-state index in [1.807, 2.05) is 19.1 Å². The molecule has 0 amide bonds. The SMILES string of the molecule is Cc1ccc(CC(C)(C)C(=O)O)o1. The van der Waals surface area contributed by atoms with Crippen LogP contribution in [0, 0.1) is 12.3 Å². The van der Waals surface area contributed by atoms with E-state index in [0.717, 1.165) is 11.5 Å². The maximum atomic E-state index is 10.8. The average Bonchev–Trinajstić information content (AvgIpc) is 2.34. The molecule has 13 heavy (non-hydrogen) atoms. The monoisotopic (exact) mass is 182 g/mol. The molecule has 0 unspecified atom stereocenters. The fraction of sp³-hybridized carbons (Fsp3) is 0.500. The minimum atomic E-state index is -0.804. The maximum absolute atomic E-state index is 10.8. The quantitative estimate of drug-likeness (QED) is 0.779. The van der Waals surface area contributed by atoms with Crippen molar-refractivity contribution in [2.45, 2.75) is 27.2 Å². The van der Waals surface area contributed by atoms with E-state index in [-0.39, 0.29) is 0 Å². The van der Waals surface area contributed by atoms with Crippen molar-refractivity contribution in [1.29, 1.82) is 0 Å². The predicted molar refractivity (Wildman–Crippen MR) is 48.6 cm³/mol. The van der Waals surface area contributed by atoms with Crippen LogP contribution in [0.25, 0.3) is 0 Å². The number of carboxylic acids is 1. The van der Waals surface area contributed by atoms with Crippen molar-refractivity contribution < 1.29 is 14.3 Å². The smallest absolute Gasteiger partial charge is 0.309 e. The lowest BCUT2D eigenvalue weighted by molar-refractivity contribution is -0.147. The summed E-state index contributed by atoms with van der Waals surface area (Å²) in [6, 6.07) is 3.66. The van der Waals surface area contributed by atoms with Crippen LogP contribution < -0.4 is 0 Å². The van der Waals surface area contributed by atoms with E-state index in [9.17, 15) is 4.79 Å². The molecule has 0 saturated carbocycles. The molecule has 1 aromatic heterocycles. The van der Waals surface area contributed by atoms with Gasteiger partial charge in [-0.1, -0.05) is 0 Å². The van der Waals surface area contributed by atoms with Crippen molar-refractivity contribution in [3.05, 3.63) is 23.7 Å². The highest BCUT2D eigenvalue weighted by Gasteiger charge is 2.28. The summed E-state index contributed by atoms with van der Waals surface area (Å²) in [4.78, 5) is 10.8. The van der Waals surface area contributed by atoms with Crippen LogP contribution >= 0.6 is 0 Å². The first kappa shape index (κ1) is 9.84. The van der Waals surface area contributed by atoms with Crippen molar-refractivity contribution in [3.8, 4) is 0 Å². The van der Waals surface area contributed by atoms with Gasteiger partial charge in [-0.3, -0.25) is 4.79 Å². The number of aliphatic carboxylic acids is 1. The second kappa shape index (κ2) is 3.24. The number of aryl methyl sites for hydroxylation is 1. The summed E-state index contributed by atoms with van der Waals surface area (Å²) >= 11 is 0. The lowest BCUT2D eigenvalue weighted by atomic mass is 9.88. The van der Waals surface area contributed by atoms with E-state index in [1.165, 1.54) is 0 Å². The highest BCUT2D eigenvalue weighted by molar-refractivity contribution is 5.73. The van der Waals surface area contributed by atoms with Crippen LogP contribution in [-0.2, 0) is 11.2 Å². The van der Waals surface area contributed by atoms with Crippen molar-refractivity contribution >= 4 is 5.97 Å². The summed E-state index contributed by atoms with van der Waals surface area (Å²) < 4.78 is 5.31. The molecule has 0 aliphatic rings. The maximum Gasteiger partial charge on any atom is 0.309 e. The van der Waals surface area contributed by atoms with Gasteiger partial charge in [-0.2, -0.15) is 0 Å². The molecule has 0 aliphatic heterocycles. The Kier molecular flexibility index (Phi) is 2.45. The number of carbonyl (C=O) groups is 1. The molecule has 1 rings (SSSR count). The molecule has 1 aromatic rings. The van der Waals surface area contributed by atoms with Crippen LogP contribution in [0.1, 0.15) is 25.4 Å². The molecule has 0 bridgehead atoms. The predicted octanol–water partition coefficient (Wildman–Crippen LogP) is 2.24. The number of hydrogen-bond donors (Lipinski definition) is 1. The van der Waals surface area contributed by atoms with Gasteiger partial charge in [0.2, 0.25) is 0 Å². The molecule has 1 N–H and O–H groups in total. The Bertz CT molecular complexity index is 310. The van der Waals surface area contributed by atoms with Gasteiger partial charge in [0.15, 0.2) is 0 Å². The van der Waals surface area contributed by atoms with Crippen LogP contribution in [0.3, 0.4) is 0 Å². The van der Waals surface area contributed by atoms with Gasteiger partial charge >= 0.3 is 5.97 Å². The average molecular weight is 182 g/mol. The lowest BCUT2D eigenvalue weighted by Crippen LogP contribution is -2.25. The van der Waals surface area contributed by atoms with E-state index in [4.69, 9.17) is 9.52 Å². The number of rotatable bonds is 3. The van der Waals surface area contributed by atoms with Gasteiger partial charge in [0, 0.05) is 6.42 Å². The van der Waals surface area contributed by atoms with Gasteiger partial charge in [0.1, 0.15) is 11.5 Å². The molecule has 0 spiro atoms. The zero-order valence-corrected chi connectivity index (χ0v) is 8.13. The van der Waals surface area contributed by atoms with Gasteiger partial charge in [-0.25, -0.2) is 0 Å². The number of carboxylic acid groups (broad SMARTS) is 1. The molecule has 0 aromatic carbocycles. The molecule has 0 aliphatic carbocycles. The van der Waals surface area contributed by atoms with Gasteiger partial charge in [-0.15, -0.1) is 0 Å². The molecular formula is C10H14O3. The second-order valence-corrected chi connectivity index (χ2v) is 3.88. The summed E-state index contributed by atoms with van der Waals surface area (Å²) in [7, 11) is 0. The van der Waals surface area contributed by atoms with Crippen LogP contribution in [0.2, 0.25) is 0 Å². The van der Waals surface area contributed by atoms with Crippen LogP contribution in [0.5, 0.6) is 0 Å². The van der Waals surface area contributed by atoms with Gasteiger partial charge in [0.25, 0.3) is 0 Å². The number of hydrogen-bond acceptors (Lipinski definition) is 2. The first-order chi connectivity index (χ1) is 5.92. The molecular weight excluding hydrogens is 168 g/mol. The zero-order chi connectivity index (χ0) is 10.1. The summed E-state index contributed by atoms with van der Waals surface area (Å²) in [5, 5.41) is 8.87. The highest BCUT2D eigenvalue weighted by atomic mass is 16.4. The van der Waals surface area contributed by atoms with E-state index in [1.54, 1.807) is 13.8 Å². The fourth-order valence-electron chi connectivity index (χ4n) is 1.09. The lowest BCUT2D eigenvalue weighted by Gasteiger charge is -2.16. The largest absolute Gasteiger partial charge is 0.481 e. The molecule has 0 saturated heterocycles. The summed E-state index contributed by atoms with van der Waals surface area (Å²) in [5.74, 6) is 0.739. The van der Waals surface area contributed by atoms with Gasteiger partial charge in [-0.05, 0) is 32.9 Å². The summed E-state index contributed by atoms with van der Waals surface area (Å²) in [6.45, 7) is 5.22. The molecule has 0 atom stereocenters. The molecule has 0 radical (unpaired) electrons. The first-order valence-corrected chi connectivity index (χ1v) is 4.20. The van der Waals surface area contributed by atoms with E-state index in [0.29, 0.717) is 6.42 Å². The van der Waals surface area contributed by atoms with E-state index < -0.39 is 11.4 Å². The molecule has 3 heteroatoms. The van der Waals surface area contributed by atoms with Crippen molar-refractivity contribution in [1.82, 2.24) is 0 Å². The van der Waals surface area contributed by atoms with Crippen LogP contribution in [-0.4, -0.2) is 11.1 Å². The highest BCUT2D eigenvalue weighted by Crippen LogP contribution is 2.23. The van der Waals surface area contributed by atoms with Crippen LogP contribution in [0.15, 0.2) is 16.5 Å². The summed E-state index contributed by atoms with van der Waals surface area (Å²) in [5.41, 5.74) is -0.760. The van der Waals surface area contributed by atoms with Crippen molar-refractivity contribution in [2.75, 3.05) is 0 Å². The van der Waals surface area contributed by atoms with Crippen molar-refractivity contribution in [3.63, 3.8) is 0 Å². The number of furan rings is 1. The zero-order valence-electron chi connectivity index (χ0n) is 8.13. The molecule has 1 heterocycles.